The summed E-state index contributed by atoms with van der Waals surface area (Å²) in [5.41, 5.74) is 9.15. The summed E-state index contributed by atoms with van der Waals surface area (Å²) in [6, 6.07) is 8.63. The number of nitrogens with two attached hydrogens (primary N) is 1. The lowest BCUT2D eigenvalue weighted by Gasteiger charge is -2.42. The van der Waals surface area contributed by atoms with E-state index in [1.165, 1.54) is 17.5 Å². The van der Waals surface area contributed by atoms with E-state index >= 15 is 0 Å². The SMILES string of the molecule is NC1(c2ccccc2C2COC2)CCC1. The van der Waals surface area contributed by atoms with E-state index in [0.29, 0.717) is 5.92 Å². The van der Waals surface area contributed by atoms with E-state index in [0.717, 1.165) is 26.1 Å². The normalized spacial score (nSPS) is 24.3. The lowest BCUT2D eigenvalue weighted by molar-refractivity contribution is 0.00726. The van der Waals surface area contributed by atoms with Crippen molar-refractivity contribution in [3.8, 4) is 0 Å². The average Bonchev–Trinajstić information content (AvgIpc) is 2.13. The Balaban J connectivity index is 1.98. The smallest absolute Gasteiger partial charge is 0.0557 e. The Hall–Kier alpha value is -0.860. The molecule has 0 radical (unpaired) electrons. The van der Waals surface area contributed by atoms with Gasteiger partial charge in [0, 0.05) is 11.5 Å². The molecule has 1 aliphatic heterocycles. The number of hydrogen-bond acceptors (Lipinski definition) is 2. The van der Waals surface area contributed by atoms with E-state index in [1.54, 1.807) is 0 Å². The third-order valence-corrected chi connectivity index (χ3v) is 3.82. The third-order valence-electron chi connectivity index (χ3n) is 3.82. The number of ether oxygens (including phenoxy) is 1. The van der Waals surface area contributed by atoms with Gasteiger partial charge in [0.25, 0.3) is 0 Å². The van der Waals surface area contributed by atoms with E-state index in [9.17, 15) is 0 Å². The standard InChI is InChI=1S/C13H17NO/c14-13(6-3-7-13)12-5-2-1-4-11(12)10-8-15-9-10/h1-2,4-5,10H,3,6-9,14H2. The lowest BCUT2D eigenvalue weighted by Crippen LogP contribution is -2.45. The Morgan fingerprint density at radius 1 is 1.20 bits per heavy atom. The van der Waals surface area contributed by atoms with Gasteiger partial charge in [-0.25, -0.2) is 0 Å². The van der Waals surface area contributed by atoms with E-state index in [2.05, 4.69) is 24.3 Å². The molecule has 0 amide bonds. The third kappa shape index (κ3) is 1.40. The lowest BCUT2D eigenvalue weighted by atomic mass is 9.70. The van der Waals surface area contributed by atoms with Crippen LogP contribution in [0.15, 0.2) is 24.3 Å². The summed E-state index contributed by atoms with van der Waals surface area (Å²) in [5, 5.41) is 0. The van der Waals surface area contributed by atoms with Crippen LogP contribution in [0.3, 0.4) is 0 Å². The Labute approximate surface area is 90.4 Å². The Morgan fingerprint density at radius 3 is 2.47 bits per heavy atom. The minimum absolute atomic E-state index is 0.0355. The first-order valence-electron chi connectivity index (χ1n) is 5.76. The zero-order valence-electron chi connectivity index (χ0n) is 8.91. The van der Waals surface area contributed by atoms with Crippen molar-refractivity contribution in [3.05, 3.63) is 35.4 Å². The van der Waals surface area contributed by atoms with Crippen LogP contribution in [0.25, 0.3) is 0 Å². The number of hydrogen-bond donors (Lipinski definition) is 1. The number of rotatable bonds is 2. The highest BCUT2D eigenvalue weighted by molar-refractivity contribution is 5.38. The summed E-state index contributed by atoms with van der Waals surface area (Å²) in [6.07, 6.45) is 3.54. The molecule has 2 nitrogen and oxygen atoms in total. The van der Waals surface area contributed by atoms with Gasteiger partial charge >= 0.3 is 0 Å². The monoisotopic (exact) mass is 203 g/mol. The van der Waals surface area contributed by atoms with Crippen molar-refractivity contribution in [1.29, 1.82) is 0 Å². The first-order valence-corrected chi connectivity index (χ1v) is 5.76. The molecular weight excluding hydrogens is 186 g/mol. The van der Waals surface area contributed by atoms with Crippen LogP contribution < -0.4 is 5.73 Å². The van der Waals surface area contributed by atoms with E-state index in [4.69, 9.17) is 10.5 Å². The van der Waals surface area contributed by atoms with Gasteiger partial charge in [-0.05, 0) is 30.4 Å². The van der Waals surface area contributed by atoms with Gasteiger partial charge < -0.3 is 10.5 Å². The highest BCUT2D eigenvalue weighted by atomic mass is 16.5. The molecule has 2 aliphatic rings. The maximum atomic E-state index is 6.40. The van der Waals surface area contributed by atoms with Crippen LogP contribution in [0, 0.1) is 0 Å². The van der Waals surface area contributed by atoms with Crippen molar-refractivity contribution in [2.45, 2.75) is 30.7 Å². The van der Waals surface area contributed by atoms with Gasteiger partial charge in [0.15, 0.2) is 0 Å². The topological polar surface area (TPSA) is 35.2 Å². The van der Waals surface area contributed by atoms with Crippen LogP contribution >= 0.6 is 0 Å². The van der Waals surface area contributed by atoms with Gasteiger partial charge in [-0.1, -0.05) is 24.3 Å². The molecule has 1 saturated carbocycles. The molecule has 1 aromatic rings. The number of benzene rings is 1. The van der Waals surface area contributed by atoms with Crippen LogP contribution in [-0.4, -0.2) is 13.2 Å². The van der Waals surface area contributed by atoms with Crippen molar-refractivity contribution < 1.29 is 4.74 Å². The average molecular weight is 203 g/mol. The molecule has 3 rings (SSSR count). The molecule has 0 unspecified atom stereocenters. The van der Waals surface area contributed by atoms with Gasteiger partial charge in [0.1, 0.15) is 0 Å². The first kappa shape index (κ1) is 9.37. The molecule has 2 N–H and O–H groups in total. The predicted molar refractivity (Wildman–Crippen MR) is 59.7 cm³/mol. The van der Waals surface area contributed by atoms with Crippen LogP contribution in [0.2, 0.25) is 0 Å². The fourth-order valence-electron chi connectivity index (χ4n) is 2.55. The molecule has 1 heterocycles. The Kier molecular flexibility index (Phi) is 2.08. The maximum absolute atomic E-state index is 6.40. The van der Waals surface area contributed by atoms with Gasteiger partial charge in [0.2, 0.25) is 0 Å². The molecule has 1 saturated heterocycles. The maximum Gasteiger partial charge on any atom is 0.0557 e. The van der Waals surface area contributed by atoms with Crippen molar-refractivity contribution in [2.75, 3.05) is 13.2 Å². The fourth-order valence-corrected chi connectivity index (χ4v) is 2.55. The molecule has 0 spiro atoms. The quantitative estimate of drug-likeness (QED) is 0.799. The van der Waals surface area contributed by atoms with Crippen molar-refractivity contribution in [2.24, 2.45) is 5.73 Å². The van der Waals surface area contributed by atoms with Crippen LogP contribution in [0.4, 0.5) is 0 Å². The van der Waals surface area contributed by atoms with Gasteiger partial charge in [0.05, 0.1) is 13.2 Å². The minimum atomic E-state index is -0.0355. The van der Waals surface area contributed by atoms with E-state index in [1.807, 2.05) is 0 Å². The highest BCUT2D eigenvalue weighted by Gasteiger charge is 2.37. The molecule has 2 heteroatoms. The molecule has 1 aliphatic carbocycles. The second-order valence-corrected chi connectivity index (χ2v) is 4.83. The summed E-state index contributed by atoms with van der Waals surface area (Å²) in [4.78, 5) is 0. The molecule has 15 heavy (non-hydrogen) atoms. The van der Waals surface area contributed by atoms with E-state index in [-0.39, 0.29) is 5.54 Å². The van der Waals surface area contributed by atoms with Gasteiger partial charge in [-0.2, -0.15) is 0 Å². The fraction of sp³-hybridized carbons (Fsp3) is 0.538. The zero-order valence-corrected chi connectivity index (χ0v) is 8.91. The largest absolute Gasteiger partial charge is 0.380 e. The summed E-state index contributed by atoms with van der Waals surface area (Å²) in [5.74, 6) is 0.585. The van der Waals surface area contributed by atoms with Gasteiger partial charge in [-0.15, -0.1) is 0 Å². The van der Waals surface area contributed by atoms with Gasteiger partial charge in [-0.3, -0.25) is 0 Å². The van der Waals surface area contributed by atoms with E-state index < -0.39 is 0 Å². The molecular formula is C13H17NO. The summed E-state index contributed by atoms with van der Waals surface area (Å²) >= 11 is 0. The van der Waals surface area contributed by atoms with Crippen molar-refractivity contribution in [1.82, 2.24) is 0 Å². The second-order valence-electron chi connectivity index (χ2n) is 4.83. The zero-order chi connectivity index (χ0) is 10.3. The highest BCUT2D eigenvalue weighted by Crippen LogP contribution is 2.42. The molecule has 0 aromatic heterocycles. The molecule has 0 bridgehead atoms. The van der Waals surface area contributed by atoms with Crippen molar-refractivity contribution in [3.63, 3.8) is 0 Å². The summed E-state index contributed by atoms with van der Waals surface area (Å²) < 4.78 is 5.27. The first-order chi connectivity index (χ1) is 7.30. The van der Waals surface area contributed by atoms with Crippen molar-refractivity contribution >= 4 is 0 Å². The summed E-state index contributed by atoms with van der Waals surface area (Å²) in [6.45, 7) is 1.74. The van der Waals surface area contributed by atoms with Crippen LogP contribution in [0.1, 0.15) is 36.3 Å². The minimum Gasteiger partial charge on any atom is -0.380 e. The Bertz CT molecular complexity index is 367. The molecule has 1 aromatic carbocycles. The Morgan fingerprint density at radius 2 is 1.93 bits per heavy atom. The molecule has 2 fully saturated rings. The predicted octanol–water partition coefficient (Wildman–Crippen LogP) is 2.14. The molecule has 0 atom stereocenters. The molecule has 80 valence electrons. The van der Waals surface area contributed by atoms with Crippen LogP contribution in [0.5, 0.6) is 0 Å². The summed E-state index contributed by atoms with van der Waals surface area (Å²) in [7, 11) is 0. The second kappa shape index (κ2) is 3.32. The van der Waals surface area contributed by atoms with Crippen LogP contribution in [-0.2, 0) is 10.3 Å².